The Hall–Kier alpha value is -2.13. The molecule has 20 heavy (non-hydrogen) atoms. The van der Waals surface area contributed by atoms with E-state index in [4.69, 9.17) is 5.73 Å². The summed E-state index contributed by atoms with van der Waals surface area (Å²) >= 11 is 0. The first-order chi connectivity index (χ1) is 9.58. The minimum Gasteiger partial charge on any atom is -0.366 e. The molecule has 0 heterocycles. The smallest absolute Gasteiger partial charge is 0.248 e. The molecule has 0 saturated heterocycles. The lowest BCUT2D eigenvalue weighted by Gasteiger charge is -2.10. The van der Waals surface area contributed by atoms with Crippen molar-refractivity contribution in [2.45, 2.75) is 26.9 Å². The van der Waals surface area contributed by atoms with Crippen LogP contribution in [0.4, 0.5) is 0 Å². The molecule has 2 aromatic carbocycles. The number of benzene rings is 2. The Morgan fingerprint density at radius 1 is 1.00 bits per heavy atom. The largest absolute Gasteiger partial charge is 0.366 e. The summed E-state index contributed by atoms with van der Waals surface area (Å²) in [6, 6.07) is 13.9. The summed E-state index contributed by atoms with van der Waals surface area (Å²) < 4.78 is 0. The number of rotatable bonds is 5. The second kappa shape index (κ2) is 6.35. The highest BCUT2D eigenvalue weighted by Gasteiger charge is 2.04. The zero-order chi connectivity index (χ0) is 14.5. The molecule has 2 rings (SSSR count). The average Bonchev–Trinajstić information content (AvgIpc) is 2.42. The first-order valence-corrected chi connectivity index (χ1v) is 6.72. The van der Waals surface area contributed by atoms with Crippen LogP contribution in [0.2, 0.25) is 0 Å². The summed E-state index contributed by atoms with van der Waals surface area (Å²) in [5, 5.41) is 3.43. The van der Waals surface area contributed by atoms with Gasteiger partial charge in [-0.2, -0.15) is 0 Å². The van der Waals surface area contributed by atoms with E-state index < -0.39 is 0 Å². The van der Waals surface area contributed by atoms with E-state index in [1.54, 1.807) is 6.07 Å². The summed E-state index contributed by atoms with van der Waals surface area (Å²) in [6.45, 7) is 5.73. The van der Waals surface area contributed by atoms with E-state index in [0.29, 0.717) is 5.56 Å². The molecular weight excluding hydrogens is 248 g/mol. The predicted octanol–water partition coefficient (Wildman–Crippen LogP) is 2.69. The summed E-state index contributed by atoms with van der Waals surface area (Å²) in [5.41, 5.74) is 10.7. The van der Waals surface area contributed by atoms with E-state index in [1.807, 2.05) is 25.1 Å². The van der Waals surface area contributed by atoms with E-state index in [0.717, 1.165) is 18.7 Å². The van der Waals surface area contributed by atoms with E-state index >= 15 is 0 Å². The first-order valence-electron chi connectivity index (χ1n) is 6.72. The molecule has 0 aliphatic heterocycles. The summed E-state index contributed by atoms with van der Waals surface area (Å²) in [7, 11) is 0. The second-order valence-electron chi connectivity index (χ2n) is 5.04. The van der Waals surface area contributed by atoms with E-state index in [2.05, 4.69) is 30.4 Å². The van der Waals surface area contributed by atoms with Gasteiger partial charge in [0, 0.05) is 18.7 Å². The Labute approximate surface area is 119 Å². The minimum absolute atomic E-state index is 0.382. The van der Waals surface area contributed by atoms with Crippen LogP contribution >= 0.6 is 0 Å². The maximum absolute atomic E-state index is 11.1. The van der Waals surface area contributed by atoms with Crippen LogP contribution in [-0.4, -0.2) is 5.91 Å². The molecule has 0 aliphatic carbocycles. The number of hydrogen-bond donors (Lipinski definition) is 2. The van der Waals surface area contributed by atoms with E-state index in [9.17, 15) is 4.79 Å². The van der Waals surface area contributed by atoms with Gasteiger partial charge in [0.15, 0.2) is 0 Å². The number of amides is 1. The van der Waals surface area contributed by atoms with Crippen LogP contribution < -0.4 is 11.1 Å². The molecule has 0 atom stereocenters. The molecule has 104 valence electrons. The van der Waals surface area contributed by atoms with Crippen molar-refractivity contribution in [3.8, 4) is 0 Å². The molecule has 3 N–H and O–H groups in total. The molecule has 0 fully saturated rings. The molecule has 0 aliphatic rings. The Morgan fingerprint density at radius 3 is 2.25 bits per heavy atom. The van der Waals surface area contributed by atoms with Crippen LogP contribution in [0, 0.1) is 13.8 Å². The Bertz CT molecular complexity index is 620. The molecular formula is C17H20N2O. The van der Waals surface area contributed by atoms with Crippen molar-refractivity contribution in [2.24, 2.45) is 5.73 Å². The van der Waals surface area contributed by atoms with Crippen molar-refractivity contribution < 1.29 is 4.79 Å². The molecule has 0 radical (unpaired) electrons. The fourth-order valence-electron chi connectivity index (χ4n) is 2.19. The third-order valence-corrected chi connectivity index (χ3v) is 3.52. The monoisotopic (exact) mass is 268 g/mol. The highest BCUT2D eigenvalue weighted by Crippen LogP contribution is 2.12. The fraction of sp³-hybridized carbons (Fsp3) is 0.235. The Morgan fingerprint density at radius 2 is 1.65 bits per heavy atom. The minimum atomic E-state index is -0.382. The molecule has 0 unspecified atom stereocenters. The number of carbonyl (C=O) groups excluding carboxylic acids is 1. The average molecular weight is 268 g/mol. The molecule has 0 aromatic heterocycles. The lowest BCUT2D eigenvalue weighted by Crippen LogP contribution is -2.15. The molecule has 0 spiro atoms. The predicted molar refractivity (Wildman–Crippen MR) is 81.4 cm³/mol. The van der Waals surface area contributed by atoms with Crippen LogP contribution in [0.15, 0.2) is 42.5 Å². The third kappa shape index (κ3) is 3.45. The highest BCUT2D eigenvalue weighted by atomic mass is 16.1. The van der Waals surface area contributed by atoms with Crippen molar-refractivity contribution in [1.82, 2.24) is 5.32 Å². The van der Waals surface area contributed by atoms with Crippen LogP contribution in [0.3, 0.4) is 0 Å². The van der Waals surface area contributed by atoms with E-state index in [1.165, 1.54) is 16.7 Å². The van der Waals surface area contributed by atoms with Gasteiger partial charge in [0.2, 0.25) is 5.91 Å². The highest BCUT2D eigenvalue weighted by molar-refractivity contribution is 5.93. The van der Waals surface area contributed by atoms with Crippen molar-refractivity contribution in [1.29, 1.82) is 0 Å². The van der Waals surface area contributed by atoms with Gasteiger partial charge in [0.25, 0.3) is 0 Å². The van der Waals surface area contributed by atoms with Gasteiger partial charge >= 0.3 is 0 Å². The summed E-state index contributed by atoms with van der Waals surface area (Å²) in [6.07, 6.45) is 0. The van der Waals surface area contributed by atoms with Gasteiger partial charge in [-0.3, -0.25) is 4.79 Å². The number of hydrogen-bond acceptors (Lipinski definition) is 2. The zero-order valence-electron chi connectivity index (χ0n) is 11.9. The first kappa shape index (κ1) is 14.3. The standard InChI is InChI=1S/C17H20N2O/c1-12-5-3-4-6-15(12)10-19-11-16-8-7-14(17(18)20)9-13(16)2/h3-9,19H,10-11H2,1-2H3,(H2,18,20). The van der Waals surface area contributed by atoms with Crippen molar-refractivity contribution in [3.05, 3.63) is 70.3 Å². The van der Waals surface area contributed by atoms with Crippen LogP contribution in [-0.2, 0) is 13.1 Å². The number of carbonyl (C=O) groups is 1. The van der Waals surface area contributed by atoms with Gasteiger partial charge in [0.1, 0.15) is 0 Å². The quantitative estimate of drug-likeness (QED) is 0.876. The van der Waals surface area contributed by atoms with Gasteiger partial charge in [-0.1, -0.05) is 30.3 Å². The van der Waals surface area contributed by atoms with E-state index in [-0.39, 0.29) is 5.91 Å². The molecule has 3 heteroatoms. The molecule has 0 saturated carbocycles. The van der Waals surface area contributed by atoms with Gasteiger partial charge in [-0.05, 0) is 48.2 Å². The number of aryl methyl sites for hydroxylation is 2. The summed E-state index contributed by atoms with van der Waals surface area (Å²) in [4.78, 5) is 11.1. The van der Waals surface area contributed by atoms with Crippen molar-refractivity contribution in [2.75, 3.05) is 0 Å². The summed E-state index contributed by atoms with van der Waals surface area (Å²) in [5.74, 6) is -0.382. The van der Waals surface area contributed by atoms with Crippen molar-refractivity contribution in [3.63, 3.8) is 0 Å². The molecule has 2 aromatic rings. The topological polar surface area (TPSA) is 55.1 Å². The van der Waals surface area contributed by atoms with Gasteiger partial charge in [0.05, 0.1) is 0 Å². The molecule has 0 bridgehead atoms. The van der Waals surface area contributed by atoms with Gasteiger partial charge < -0.3 is 11.1 Å². The fourth-order valence-corrected chi connectivity index (χ4v) is 2.19. The molecule has 1 amide bonds. The van der Waals surface area contributed by atoms with Crippen LogP contribution in [0.25, 0.3) is 0 Å². The SMILES string of the molecule is Cc1ccccc1CNCc1ccc(C(N)=O)cc1C. The van der Waals surface area contributed by atoms with Crippen LogP contribution in [0.1, 0.15) is 32.6 Å². The Balaban J connectivity index is 1.98. The second-order valence-corrected chi connectivity index (χ2v) is 5.04. The Kier molecular flexibility index (Phi) is 4.53. The lowest BCUT2D eigenvalue weighted by atomic mass is 10.0. The number of nitrogens with two attached hydrogens (primary N) is 1. The maximum atomic E-state index is 11.1. The molecule has 3 nitrogen and oxygen atoms in total. The van der Waals surface area contributed by atoms with Crippen molar-refractivity contribution >= 4 is 5.91 Å². The number of nitrogens with one attached hydrogen (secondary N) is 1. The van der Waals surface area contributed by atoms with Gasteiger partial charge in [-0.15, -0.1) is 0 Å². The van der Waals surface area contributed by atoms with Crippen LogP contribution in [0.5, 0.6) is 0 Å². The number of primary amides is 1. The third-order valence-electron chi connectivity index (χ3n) is 3.52. The lowest BCUT2D eigenvalue weighted by molar-refractivity contribution is 0.1000. The maximum Gasteiger partial charge on any atom is 0.248 e. The normalized spacial score (nSPS) is 10.5. The van der Waals surface area contributed by atoms with Gasteiger partial charge in [-0.25, -0.2) is 0 Å². The zero-order valence-corrected chi connectivity index (χ0v) is 11.9.